The van der Waals surface area contributed by atoms with Gasteiger partial charge < -0.3 is 24.5 Å². The first-order valence-electron chi connectivity index (χ1n) is 6.95. The summed E-state index contributed by atoms with van der Waals surface area (Å²) in [7, 11) is 0. The summed E-state index contributed by atoms with van der Waals surface area (Å²) in [6.07, 6.45) is -1.44. The van der Waals surface area contributed by atoms with Gasteiger partial charge in [0.15, 0.2) is 5.76 Å². The van der Waals surface area contributed by atoms with Gasteiger partial charge in [0.1, 0.15) is 28.2 Å². The molecular formula is C17H12O6. The minimum Gasteiger partial charge on any atom is -0.507 e. The Hall–Kier alpha value is -2.99. The first-order valence-corrected chi connectivity index (χ1v) is 6.95. The van der Waals surface area contributed by atoms with Crippen molar-refractivity contribution in [1.29, 1.82) is 0 Å². The van der Waals surface area contributed by atoms with E-state index in [9.17, 15) is 20.1 Å². The fourth-order valence-corrected chi connectivity index (χ4v) is 2.82. The lowest BCUT2D eigenvalue weighted by molar-refractivity contribution is -0.0376. The molecule has 3 N–H and O–H groups in total. The van der Waals surface area contributed by atoms with Crippen LogP contribution < -0.4 is 10.2 Å². The van der Waals surface area contributed by atoms with Crippen molar-refractivity contribution in [3.05, 3.63) is 51.9 Å². The van der Waals surface area contributed by atoms with E-state index in [0.717, 1.165) is 0 Å². The van der Waals surface area contributed by atoms with Gasteiger partial charge in [0.25, 0.3) is 6.29 Å². The monoisotopic (exact) mass is 312 g/mol. The van der Waals surface area contributed by atoms with Gasteiger partial charge in [0.2, 0.25) is 5.43 Å². The molecule has 0 spiro atoms. The van der Waals surface area contributed by atoms with Gasteiger partial charge in [0, 0.05) is 17.2 Å². The van der Waals surface area contributed by atoms with Crippen LogP contribution in [0.4, 0.5) is 0 Å². The maximum atomic E-state index is 12.9. The van der Waals surface area contributed by atoms with E-state index in [2.05, 4.69) is 0 Å². The van der Waals surface area contributed by atoms with Gasteiger partial charge in [-0.1, -0.05) is 18.2 Å². The molecule has 23 heavy (non-hydrogen) atoms. The molecule has 1 aliphatic heterocycles. The maximum Gasteiger partial charge on any atom is 0.257 e. The Labute approximate surface area is 129 Å². The molecule has 0 amide bonds. The molecule has 0 saturated carbocycles. The second kappa shape index (κ2) is 4.50. The number of benzene rings is 2. The van der Waals surface area contributed by atoms with Crippen LogP contribution in [-0.4, -0.2) is 15.3 Å². The van der Waals surface area contributed by atoms with E-state index < -0.39 is 11.7 Å². The molecule has 0 saturated heterocycles. The van der Waals surface area contributed by atoms with Crippen LogP contribution in [0.2, 0.25) is 0 Å². The number of aromatic hydroxyl groups is 2. The number of fused-ring (bicyclic) bond motifs is 4. The minimum absolute atomic E-state index is 0.0172. The fourth-order valence-electron chi connectivity index (χ4n) is 2.82. The summed E-state index contributed by atoms with van der Waals surface area (Å²) in [5.41, 5.74) is 0.305. The standard InChI is InChI=1S/C17H12O6/c1-7-9(18)6-11-13(14(7)19)15(20)12-8-4-2-3-5-10(8)23-17(21)16(12)22-11/h2-6,17-19,21H,1H3. The summed E-state index contributed by atoms with van der Waals surface area (Å²) >= 11 is 0. The van der Waals surface area contributed by atoms with E-state index in [4.69, 9.17) is 9.15 Å². The molecule has 2 heterocycles. The van der Waals surface area contributed by atoms with E-state index in [1.54, 1.807) is 24.3 Å². The molecule has 0 radical (unpaired) electrons. The first-order chi connectivity index (χ1) is 11.0. The quantitative estimate of drug-likeness (QED) is 0.590. The van der Waals surface area contributed by atoms with Gasteiger partial charge in [-0.2, -0.15) is 0 Å². The molecular weight excluding hydrogens is 300 g/mol. The van der Waals surface area contributed by atoms with Crippen LogP contribution in [0, 0.1) is 6.92 Å². The summed E-state index contributed by atoms with van der Waals surface area (Å²) in [6.45, 7) is 1.49. The molecule has 0 fully saturated rings. The van der Waals surface area contributed by atoms with Crippen molar-refractivity contribution < 1.29 is 24.5 Å². The van der Waals surface area contributed by atoms with Crippen LogP contribution >= 0.6 is 0 Å². The highest BCUT2D eigenvalue weighted by molar-refractivity contribution is 5.91. The molecule has 4 rings (SSSR count). The zero-order chi connectivity index (χ0) is 16.3. The summed E-state index contributed by atoms with van der Waals surface area (Å²) < 4.78 is 10.9. The Balaban J connectivity index is 2.20. The zero-order valence-corrected chi connectivity index (χ0v) is 12.0. The summed E-state index contributed by atoms with van der Waals surface area (Å²) in [5.74, 6) is -0.238. The highest BCUT2D eigenvalue weighted by atomic mass is 16.6. The third kappa shape index (κ3) is 1.75. The molecule has 2 aromatic carbocycles. The fraction of sp³-hybridized carbons (Fsp3) is 0.118. The van der Waals surface area contributed by atoms with Gasteiger partial charge in [-0.25, -0.2) is 0 Å². The number of phenols is 2. The second-order valence-electron chi connectivity index (χ2n) is 5.38. The van der Waals surface area contributed by atoms with Crippen LogP contribution in [0.1, 0.15) is 17.6 Å². The summed E-state index contributed by atoms with van der Waals surface area (Å²) in [5, 5.41) is 30.1. The number of rotatable bonds is 0. The molecule has 1 unspecified atom stereocenters. The lowest BCUT2D eigenvalue weighted by Gasteiger charge is -2.23. The van der Waals surface area contributed by atoms with Crippen LogP contribution in [0.3, 0.4) is 0 Å². The van der Waals surface area contributed by atoms with E-state index >= 15 is 0 Å². The highest BCUT2D eigenvalue weighted by Gasteiger charge is 2.31. The highest BCUT2D eigenvalue weighted by Crippen LogP contribution is 2.42. The lowest BCUT2D eigenvalue weighted by atomic mass is 9.98. The normalized spacial score (nSPS) is 15.8. The predicted octanol–water partition coefficient (Wildman–Crippen LogP) is 2.56. The van der Waals surface area contributed by atoms with Gasteiger partial charge in [-0.15, -0.1) is 0 Å². The van der Waals surface area contributed by atoms with Crippen molar-refractivity contribution in [2.45, 2.75) is 13.2 Å². The van der Waals surface area contributed by atoms with E-state index in [-0.39, 0.29) is 39.4 Å². The Bertz CT molecular complexity index is 1020. The van der Waals surface area contributed by atoms with Crippen molar-refractivity contribution in [2.75, 3.05) is 0 Å². The topological polar surface area (TPSA) is 100 Å². The number of para-hydroxylation sites is 1. The molecule has 0 bridgehead atoms. The number of hydrogen-bond acceptors (Lipinski definition) is 6. The van der Waals surface area contributed by atoms with Crippen molar-refractivity contribution >= 4 is 11.0 Å². The second-order valence-corrected chi connectivity index (χ2v) is 5.38. The maximum absolute atomic E-state index is 12.9. The number of aliphatic hydroxyl groups excluding tert-OH is 1. The van der Waals surface area contributed by atoms with Crippen LogP contribution in [0.15, 0.2) is 39.5 Å². The first kappa shape index (κ1) is 13.7. The van der Waals surface area contributed by atoms with Gasteiger partial charge >= 0.3 is 0 Å². The molecule has 6 nitrogen and oxygen atoms in total. The lowest BCUT2D eigenvalue weighted by Crippen LogP contribution is -2.19. The number of ether oxygens (including phenoxy) is 1. The number of phenolic OH excluding ortho intramolecular Hbond substituents is 2. The van der Waals surface area contributed by atoms with E-state index in [0.29, 0.717) is 11.3 Å². The van der Waals surface area contributed by atoms with Crippen molar-refractivity contribution in [1.82, 2.24) is 0 Å². The Morgan fingerprint density at radius 3 is 2.70 bits per heavy atom. The smallest absolute Gasteiger partial charge is 0.257 e. The Kier molecular flexibility index (Phi) is 2.67. The molecule has 1 aliphatic rings. The minimum atomic E-state index is -1.44. The zero-order valence-electron chi connectivity index (χ0n) is 12.0. The summed E-state index contributed by atoms with van der Waals surface area (Å²) in [6, 6.07) is 7.99. The van der Waals surface area contributed by atoms with Crippen LogP contribution in [0.25, 0.3) is 22.1 Å². The Morgan fingerprint density at radius 2 is 1.91 bits per heavy atom. The van der Waals surface area contributed by atoms with Gasteiger partial charge in [-0.3, -0.25) is 4.79 Å². The van der Waals surface area contributed by atoms with E-state index in [1.165, 1.54) is 13.0 Å². The number of hydrogen-bond donors (Lipinski definition) is 3. The third-order valence-corrected chi connectivity index (χ3v) is 4.03. The van der Waals surface area contributed by atoms with E-state index in [1.807, 2.05) is 0 Å². The third-order valence-electron chi connectivity index (χ3n) is 4.03. The van der Waals surface area contributed by atoms with Crippen LogP contribution in [0.5, 0.6) is 17.2 Å². The largest absolute Gasteiger partial charge is 0.507 e. The Morgan fingerprint density at radius 1 is 1.17 bits per heavy atom. The molecule has 6 heteroatoms. The molecule has 116 valence electrons. The van der Waals surface area contributed by atoms with Gasteiger partial charge in [0.05, 0.1) is 5.56 Å². The van der Waals surface area contributed by atoms with Crippen molar-refractivity contribution in [3.63, 3.8) is 0 Å². The predicted molar refractivity (Wildman–Crippen MR) is 81.6 cm³/mol. The molecule has 0 aliphatic carbocycles. The van der Waals surface area contributed by atoms with Crippen LogP contribution in [-0.2, 0) is 0 Å². The molecule has 1 atom stereocenters. The van der Waals surface area contributed by atoms with Gasteiger partial charge in [-0.05, 0) is 13.0 Å². The summed E-state index contributed by atoms with van der Waals surface area (Å²) in [4.78, 5) is 12.9. The average molecular weight is 312 g/mol. The molecule has 1 aromatic heterocycles. The van der Waals surface area contributed by atoms with Crippen molar-refractivity contribution in [3.8, 4) is 28.4 Å². The van der Waals surface area contributed by atoms with Crippen molar-refractivity contribution in [2.24, 2.45) is 0 Å². The average Bonchev–Trinajstić information content (AvgIpc) is 2.53. The molecule has 3 aromatic rings. The SMILES string of the molecule is Cc1c(O)cc2oc3c(c(=O)c2c1O)-c1ccccc1OC3O. The number of aliphatic hydroxyl groups is 1.